The highest BCUT2D eigenvalue weighted by molar-refractivity contribution is 6.91. The van der Waals surface area contributed by atoms with E-state index in [0.717, 1.165) is 5.19 Å². The minimum atomic E-state index is -2.46. The fourth-order valence-corrected chi connectivity index (χ4v) is 12.2. The maximum Gasteiger partial charge on any atom is 0.269 e. The Morgan fingerprint density at radius 3 is 2.31 bits per heavy atom. The molecule has 2 fully saturated rings. The third-order valence-electron chi connectivity index (χ3n) is 10.9. The molecule has 9 atom stereocenters. The molecule has 1 spiro atoms. The zero-order chi connectivity index (χ0) is 37.7. The smallest absolute Gasteiger partial charge is 0.269 e. The first-order valence-corrected chi connectivity index (χ1v) is 20.0. The number of carbonyl (C=O) groups excluding carboxylic acids is 2. The number of methoxy groups -OCH3 is 1. The number of hydrogen-bond acceptors (Lipinski definition) is 12. The van der Waals surface area contributed by atoms with Crippen molar-refractivity contribution in [3.63, 3.8) is 0 Å². The fourth-order valence-electron chi connectivity index (χ4n) is 8.14. The molecule has 15 nitrogen and oxygen atoms in total. The number of carbonyl (C=O) groups is 2. The van der Waals surface area contributed by atoms with Crippen molar-refractivity contribution >= 4 is 42.1 Å². The molecule has 0 aromatic heterocycles. The largest absolute Gasteiger partial charge is 0.497 e. The van der Waals surface area contributed by atoms with Crippen LogP contribution < -0.4 is 20.1 Å². The second kappa shape index (κ2) is 14.3. The summed E-state index contributed by atoms with van der Waals surface area (Å²) in [7, 11) is -0.870. The predicted molar refractivity (Wildman–Crippen MR) is 190 cm³/mol. The number of aliphatic hydroxyl groups is 5. The molecular formula is C36H43N3O12Si. The van der Waals surface area contributed by atoms with E-state index in [9.17, 15) is 45.2 Å². The molecule has 52 heavy (non-hydrogen) atoms. The highest BCUT2D eigenvalue weighted by atomic mass is 28.3. The van der Waals surface area contributed by atoms with Crippen LogP contribution in [0.1, 0.15) is 24.5 Å². The lowest BCUT2D eigenvalue weighted by Gasteiger charge is -2.37. The number of ether oxygens (including phenoxy) is 3. The first-order valence-electron chi connectivity index (χ1n) is 17.0. The Morgan fingerprint density at radius 1 is 1.02 bits per heavy atom. The summed E-state index contributed by atoms with van der Waals surface area (Å²) in [4.78, 5) is 40.7. The van der Waals surface area contributed by atoms with Gasteiger partial charge >= 0.3 is 0 Å². The Balaban J connectivity index is 1.30. The number of nitro benzene ring substituents is 1. The number of nitrogens with one attached hydrogen (secondary N) is 1. The summed E-state index contributed by atoms with van der Waals surface area (Å²) in [5, 5.41) is 65.5. The zero-order valence-electron chi connectivity index (χ0n) is 29.1. The molecule has 0 saturated carbocycles. The number of rotatable bonds is 10. The number of benzene rings is 3. The van der Waals surface area contributed by atoms with Crippen LogP contribution in [0.2, 0.25) is 18.6 Å². The molecule has 3 aromatic rings. The van der Waals surface area contributed by atoms with Crippen LogP contribution in [0.4, 0.5) is 17.1 Å². The summed E-state index contributed by atoms with van der Waals surface area (Å²) in [6.07, 6.45) is -9.15. The van der Waals surface area contributed by atoms with Crippen molar-refractivity contribution in [2.45, 2.75) is 80.9 Å². The third kappa shape index (κ3) is 6.28. The Labute approximate surface area is 300 Å². The van der Waals surface area contributed by atoms with Crippen molar-refractivity contribution in [3.8, 4) is 5.75 Å². The lowest BCUT2D eigenvalue weighted by atomic mass is 9.82. The molecule has 3 aliphatic heterocycles. The standard InChI is InChI=1S/C36H43N3O12Si/c1-19-32(52(3,4)24-12-10-23(49-2)11-13-24)27(15-16-40)51-36(19)25-17-22(39(47)48)9-14-26(25)38(35(36)46)18-20-5-7-21(8-6-20)37-33(44)31-29(42)28(41)30(43)34(45)50-31/h5-14,17,19,27-32,34,40-43,45H,15-16,18H2,1-4H3,(H,37,44)/t19-,27+,28-,29-,30+,31-,32-,34+,36+/m0/s1. The summed E-state index contributed by atoms with van der Waals surface area (Å²) >= 11 is 0. The minimum Gasteiger partial charge on any atom is -0.497 e. The van der Waals surface area contributed by atoms with Crippen LogP contribution in [-0.4, -0.2) is 101 Å². The molecule has 16 heteroatoms. The number of hydrogen-bond donors (Lipinski definition) is 6. The van der Waals surface area contributed by atoms with Crippen molar-refractivity contribution < 1.29 is 54.3 Å². The maximum atomic E-state index is 14.8. The van der Waals surface area contributed by atoms with E-state index >= 15 is 0 Å². The predicted octanol–water partition coefficient (Wildman–Crippen LogP) is 1.49. The van der Waals surface area contributed by atoms with Gasteiger partial charge in [-0.3, -0.25) is 19.7 Å². The number of amides is 2. The van der Waals surface area contributed by atoms with E-state index in [0.29, 0.717) is 22.6 Å². The second-order valence-electron chi connectivity index (χ2n) is 14.1. The Morgan fingerprint density at radius 2 is 1.69 bits per heavy atom. The molecule has 3 heterocycles. The summed E-state index contributed by atoms with van der Waals surface area (Å²) in [5.41, 5.74) is -0.0996. The Hall–Kier alpha value is -4.26. The quantitative estimate of drug-likeness (QED) is 0.0990. The van der Waals surface area contributed by atoms with Crippen LogP contribution in [0.5, 0.6) is 5.75 Å². The van der Waals surface area contributed by atoms with Crippen molar-refractivity contribution in [1.29, 1.82) is 0 Å². The molecule has 2 amide bonds. The van der Waals surface area contributed by atoms with E-state index in [1.807, 2.05) is 31.2 Å². The van der Waals surface area contributed by atoms with Crippen molar-refractivity contribution in [1.82, 2.24) is 0 Å². The lowest BCUT2D eigenvalue weighted by molar-refractivity contribution is -0.385. The van der Waals surface area contributed by atoms with Gasteiger partial charge in [-0.25, -0.2) is 0 Å². The Bertz CT molecular complexity index is 1830. The topological polar surface area (TPSA) is 221 Å². The van der Waals surface area contributed by atoms with Crippen molar-refractivity contribution in [3.05, 3.63) is 88.0 Å². The molecule has 3 aromatic carbocycles. The van der Waals surface area contributed by atoms with E-state index in [4.69, 9.17) is 14.2 Å². The van der Waals surface area contributed by atoms with Gasteiger partial charge in [0.2, 0.25) is 0 Å². The number of fused-ring (bicyclic) bond motifs is 2. The second-order valence-corrected chi connectivity index (χ2v) is 18.8. The summed E-state index contributed by atoms with van der Waals surface area (Å²) in [6, 6.07) is 18.6. The van der Waals surface area contributed by atoms with Gasteiger partial charge in [0.05, 0.1) is 38.4 Å². The third-order valence-corrected chi connectivity index (χ3v) is 15.2. The molecule has 6 rings (SSSR count). The van der Waals surface area contributed by atoms with E-state index in [1.165, 1.54) is 12.1 Å². The van der Waals surface area contributed by atoms with Gasteiger partial charge in [-0.1, -0.05) is 49.5 Å². The first kappa shape index (κ1) is 37.5. The summed E-state index contributed by atoms with van der Waals surface area (Å²) in [5.74, 6) is -0.957. The van der Waals surface area contributed by atoms with Gasteiger partial charge in [-0.05, 0) is 47.9 Å². The molecule has 278 valence electrons. The molecule has 0 aliphatic carbocycles. The molecule has 0 unspecified atom stereocenters. The van der Waals surface area contributed by atoms with Crippen LogP contribution in [0.25, 0.3) is 0 Å². The van der Waals surface area contributed by atoms with Crippen molar-refractivity contribution in [2.24, 2.45) is 5.92 Å². The summed E-state index contributed by atoms with van der Waals surface area (Å²) in [6.45, 7) is 6.24. The molecule has 6 N–H and O–H groups in total. The Kier molecular flexibility index (Phi) is 10.3. The monoisotopic (exact) mass is 737 g/mol. The normalized spacial score (nSPS) is 30.0. The number of non-ortho nitro benzene ring substituents is 1. The fraction of sp³-hybridized carbons (Fsp3) is 0.444. The van der Waals surface area contributed by atoms with Gasteiger partial charge < -0.3 is 50.0 Å². The van der Waals surface area contributed by atoms with Crippen molar-refractivity contribution in [2.75, 3.05) is 23.9 Å². The van der Waals surface area contributed by atoms with E-state index in [1.54, 1.807) is 42.3 Å². The van der Waals surface area contributed by atoms with Gasteiger partial charge in [0, 0.05) is 35.9 Å². The van der Waals surface area contributed by atoms with Crippen LogP contribution in [0, 0.1) is 16.0 Å². The molecule has 3 aliphatic rings. The van der Waals surface area contributed by atoms with E-state index in [2.05, 4.69) is 18.4 Å². The molecular weight excluding hydrogens is 694 g/mol. The molecule has 0 bridgehead atoms. The average Bonchev–Trinajstić information content (AvgIpc) is 3.55. The molecule has 2 saturated heterocycles. The molecule has 0 radical (unpaired) electrons. The highest BCUT2D eigenvalue weighted by Gasteiger charge is 2.66. The lowest BCUT2D eigenvalue weighted by Crippen LogP contribution is -2.60. The van der Waals surface area contributed by atoms with Crippen LogP contribution in [0.15, 0.2) is 66.7 Å². The van der Waals surface area contributed by atoms with Crippen LogP contribution >= 0.6 is 0 Å². The van der Waals surface area contributed by atoms with Crippen LogP contribution in [-0.2, 0) is 31.2 Å². The summed E-state index contributed by atoms with van der Waals surface area (Å²) < 4.78 is 17.2. The SMILES string of the molecule is COc1ccc([Si](C)(C)[C@@H]2[C@@H](CCO)O[C@]3(C(=O)N(Cc4ccc(NC(=O)[C@H]5O[C@@H](O)[C@H](O)[C@@H](O)[C@@H]5O)cc4)c4ccc([N+](=O)[O-])cc43)[C@H]2C)cc1. The highest BCUT2D eigenvalue weighted by Crippen LogP contribution is 2.60. The van der Waals surface area contributed by atoms with E-state index < -0.39 is 67.2 Å². The number of anilines is 2. The van der Waals surface area contributed by atoms with Gasteiger partial charge in [0.25, 0.3) is 17.5 Å². The van der Waals surface area contributed by atoms with Gasteiger partial charge in [0.15, 0.2) is 18.0 Å². The first-order chi connectivity index (χ1) is 24.6. The average molecular weight is 738 g/mol. The minimum absolute atomic E-state index is 0.0606. The van der Waals surface area contributed by atoms with Gasteiger partial charge in [-0.15, -0.1) is 0 Å². The number of aliphatic hydroxyl groups excluding tert-OH is 5. The van der Waals surface area contributed by atoms with Crippen LogP contribution in [0.3, 0.4) is 0 Å². The number of nitrogens with zero attached hydrogens (tertiary/aromatic N) is 2. The van der Waals surface area contributed by atoms with Gasteiger partial charge in [-0.2, -0.15) is 0 Å². The van der Waals surface area contributed by atoms with E-state index in [-0.39, 0.29) is 42.4 Å². The number of nitro groups is 1. The zero-order valence-corrected chi connectivity index (χ0v) is 30.1. The van der Waals surface area contributed by atoms with Gasteiger partial charge in [0.1, 0.15) is 24.1 Å². The maximum absolute atomic E-state index is 14.8.